The van der Waals surface area contributed by atoms with Crippen molar-refractivity contribution in [2.75, 3.05) is 0 Å². The molecule has 0 bridgehead atoms. The first-order valence-electron chi connectivity index (χ1n) is 18.7. The second-order valence-corrected chi connectivity index (χ2v) is 15.3. The number of fused-ring (bicyclic) bond motifs is 10. The van der Waals surface area contributed by atoms with Crippen LogP contribution in [0.15, 0.2) is 182 Å². The van der Waals surface area contributed by atoms with E-state index in [0.717, 1.165) is 0 Å². The molecule has 0 heteroatoms. The zero-order valence-electron chi connectivity index (χ0n) is 29.8. The van der Waals surface area contributed by atoms with Crippen molar-refractivity contribution in [3.8, 4) is 44.5 Å². The van der Waals surface area contributed by atoms with Crippen molar-refractivity contribution in [2.24, 2.45) is 0 Å². The van der Waals surface area contributed by atoms with Gasteiger partial charge in [-0.25, -0.2) is 0 Å². The Morgan fingerprint density at radius 2 is 0.736 bits per heavy atom. The van der Waals surface area contributed by atoms with Crippen molar-refractivity contribution in [2.45, 2.75) is 19.3 Å². The number of hydrogen-bond donors (Lipinski definition) is 0. The van der Waals surface area contributed by atoms with Crippen molar-refractivity contribution < 1.29 is 0 Å². The van der Waals surface area contributed by atoms with Gasteiger partial charge in [-0.3, -0.25) is 0 Å². The summed E-state index contributed by atoms with van der Waals surface area (Å²) in [6, 6.07) is 68.0. The lowest BCUT2D eigenvalue weighted by atomic mass is 9.81. The van der Waals surface area contributed by atoms with Crippen molar-refractivity contribution in [1.29, 1.82) is 0 Å². The van der Waals surface area contributed by atoms with Gasteiger partial charge >= 0.3 is 0 Å². The zero-order chi connectivity index (χ0) is 35.3. The van der Waals surface area contributed by atoms with Gasteiger partial charge in [-0.05, 0) is 134 Å². The maximum Gasteiger partial charge on any atom is 0.0159 e. The van der Waals surface area contributed by atoms with E-state index < -0.39 is 0 Å². The first kappa shape index (κ1) is 30.2. The molecule has 0 radical (unpaired) electrons. The van der Waals surface area contributed by atoms with Crippen molar-refractivity contribution in [1.82, 2.24) is 0 Å². The highest BCUT2D eigenvalue weighted by Gasteiger charge is 2.35. The van der Waals surface area contributed by atoms with Crippen LogP contribution in [0.1, 0.15) is 25.0 Å². The van der Waals surface area contributed by atoms with E-state index in [1.165, 1.54) is 109 Å². The van der Waals surface area contributed by atoms with Crippen LogP contribution in [0.2, 0.25) is 0 Å². The van der Waals surface area contributed by atoms with Crippen LogP contribution in [0.25, 0.3) is 98.4 Å². The van der Waals surface area contributed by atoms with Crippen molar-refractivity contribution in [3.63, 3.8) is 0 Å². The largest absolute Gasteiger partial charge is 0.0619 e. The summed E-state index contributed by atoms with van der Waals surface area (Å²) in [6.45, 7) is 4.72. The molecule has 0 saturated heterocycles. The topological polar surface area (TPSA) is 0 Å². The van der Waals surface area contributed by atoms with Gasteiger partial charge in [-0.15, -0.1) is 0 Å². The lowest BCUT2D eigenvalue weighted by molar-refractivity contribution is 0.660. The molecule has 0 nitrogen and oxygen atoms in total. The number of benzene rings is 10. The van der Waals surface area contributed by atoms with Crippen LogP contribution in [0, 0.1) is 0 Å². The minimum atomic E-state index is -0.0293. The molecule has 0 amide bonds. The Morgan fingerprint density at radius 1 is 0.264 bits per heavy atom. The fraction of sp³-hybridized carbons (Fsp3) is 0.0566. The molecule has 0 spiro atoms. The summed E-state index contributed by atoms with van der Waals surface area (Å²) in [6.07, 6.45) is 0. The maximum absolute atomic E-state index is 2.44. The summed E-state index contributed by atoms with van der Waals surface area (Å²) in [5, 5.41) is 12.8. The Balaban J connectivity index is 1.01. The molecule has 248 valence electrons. The molecule has 0 aromatic heterocycles. The lowest BCUT2D eigenvalue weighted by Crippen LogP contribution is -2.14. The number of rotatable bonds is 3. The Bertz CT molecular complexity index is 3140. The third-order valence-corrected chi connectivity index (χ3v) is 12.0. The van der Waals surface area contributed by atoms with Crippen LogP contribution in [-0.4, -0.2) is 0 Å². The molecule has 1 aliphatic carbocycles. The fourth-order valence-corrected chi connectivity index (χ4v) is 9.35. The molecule has 11 rings (SSSR count). The predicted octanol–water partition coefficient (Wildman–Crippen LogP) is 14.8. The molecular formula is C53H36. The predicted molar refractivity (Wildman–Crippen MR) is 228 cm³/mol. The minimum Gasteiger partial charge on any atom is -0.0619 e. The average Bonchev–Trinajstić information content (AvgIpc) is 3.45. The summed E-state index contributed by atoms with van der Waals surface area (Å²) >= 11 is 0. The maximum atomic E-state index is 2.44. The van der Waals surface area contributed by atoms with Gasteiger partial charge in [-0.1, -0.05) is 172 Å². The van der Waals surface area contributed by atoms with E-state index in [0.29, 0.717) is 0 Å². The molecule has 10 aromatic rings. The highest BCUT2D eigenvalue weighted by Crippen LogP contribution is 2.50. The molecule has 0 N–H and O–H groups in total. The van der Waals surface area contributed by atoms with Gasteiger partial charge in [0.05, 0.1) is 0 Å². The SMILES string of the molecule is CC1(C)c2ccccc2-c2ccc(-c3ccc(-c4ccc5cc(-c6cc7c8ccccc8ccc7c7ccccc67)ccc5c4)c4ccccc34)cc21. The molecular weight excluding hydrogens is 637 g/mol. The van der Waals surface area contributed by atoms with E-state index in [2.05, 4.69) is 196 Å². The van der Waals surface area contributed by atoms with Gasteiger partial charge in [0, 0.05) is 5.41 Å². The molecule has 0 unspecified atom stereocenters. The Hall–Kier alpha value is -6.50. The van der Waals surface area contributed by atoms with Crippen molar-refractivity contribution in [3.05, 3.63) is 193 Å². The van der Waals surface area contributed by atoms with Gasteiger partial charge in [0.25, 0.3) is 0 Å². The third kappa shape index (κ3) is 4.49. The molecule has 0 atom stereocenters. The van der Waals surface area contributed by atoms with Crippen LogP contribution in [-0.2, 0) is 5.41 Å². The summed E-state index contributed by atoms with van der Waals surface area (Å²) in [5.41, 5.74) is 13.1. The Labute approximate surface area is 309 Å². The first-order chi connectivity index (χ1) is 26.0. The van der Waals surface area contributed by atoms with Gasteiger partial charge in [0.2, 0.25) is 0 Å². The zero-order valence-corrected chi connectivity index (χ0v) is 29.8. The van der Waals surface area contributed by atoms with E-state index in [1.807, 2.05) is 0 Å². The van der Waals surface area contributed by atoms with Crippen LogP contribution in [0.5, 0.6) is 0 Å². The molecule has 53 heavy (non-hydrogen) atoms. The van der Waals surface area contributed by atoms with E-state index in [4.69, 9.17) is 0 Å². The van der Waals surface area contributed by atoms with Crippen LogP contribution in [0.4, 0.5) is 0 Å². The molecule has 0 heterocycles. The summed E-state index contributed by atoms with van der Waals surface area (Å²) in [5.74, 6) is 0. The highest BCUT2D eigenvalue weighted by molar-refractivity contribution is 6.21. The smallest absolute Gasteiger partial charge is 0.0159 e. The fourth-order valence-electron chi connectivity index (χ4n) is 9.35. The lowest BCUT2D eigenvalue weighted by Gasteiger charge is -2.22. The first-order valence-corrected chi connectivity index (χ1v) is 18.7. The Kier molecular flexibility index (Phi) is 6.40. The van der Waals surface area contributed by atoms with Gasteiger partial charge in [0.1, 0.15) is 0 Å². The third-order valence-electron chi connectivity index (χ3n) is 12.0. The quantitative estimate of drug-likeness (QED) is 0.164. The average molecular weight is 673 g/mol. The molecule has 0 fully saturated rings. The molecule has 1 aliphatic rings. The monoisotopic (exact) mass is 672 g/mol. The highest BCUT2D eigenvalue weighted by atomic mass is 14.4. The molecule has 0 saturated carbocycles. The normalized spacial score (nSPS) is 13.2. The van der Waals surface area contributed by atoms with Crippen LogP contribution in [0.3, 0.4) is 0 Å². The Morgan fingerprint density at radius 3 is 1.45 bits per heavy atom. The molecule has 0 aliphatic heterocycles. The number of hydrogen-bond acceptors (Lipinski definition) is 0. The standard InChI is InChI=1S/C53H36/c1-53(2)51-18-10-9-17-47(51)48-26-24-38(31-52(48)53)41-28-27-40(42-13-5-6-14-43(41)42)36-21-19-35-30-37(22-20-34(35)29-36)49-32-50-39-12-4-3-11-33(39)23-25-46(50)44-15-7-8-16-45(44)49/h3-32H,1-2H3. The van der Waals surface area contributed by atoms with E-state index in [-0.39, 0.29) is 5.41 Å². The minimum absolute atomic E-state index is 0.0293. The second kappa shape index (κ2) is 11.2. The van der Waals surface area contributed by atoms with Gasteiger partial charge in [-0.2, -0.15) is 0 Å². The van der Waals surface area contributed by atoms with Gasteiger partial charge < -0.3 is 0 Å². The van der Waals surface area contributed by atoms with E-state index >= 15 is 0 Å². The summed E-state index contributed by atoms with van der Waals surface area (Å²) < 4.78 is 0. The van der Waals surface area contributed by atoms with Crippen LogP contribution < -0.4 is 0 Å². The summed E-state index contributed by atoms with van der Waals surface area (Å²) in [4.78, 5) is 0. The van der Waals surface area contributed by atoms with E-state index in [9.17, 15) is 0 Å². The van der Waals surface area contributed by atoms with Crippen molar-refractivity contribution >= 4 is 53.9 Å². The summed E-state index contributed by atoms with van der Waals surface area (Å²) in [7, 11) is 0. The van der Waals surface area contributed by atoms with Crippen LogP contribution >= 0.6 is 0 Å². The molecule has 10 aromatic carbocycles. The second-order valence-electron chi connectivity index (χ2n) is 15.3. The van der Waals surface area contributed by atoms with E-state index in [1.54, 1.807) is 0 Å². The van der Waals surface area contributed by atoms with Gasteiger partial charge in [0.15, 0.2) is 0 Å².